The van der Waals surface area contributed by atoms with Crippen molar-refractivity contribution in [2.75, 3.05) is 13.2 Å². The molecule has 8 heteroatoms. The molecule has 0 radical (unpaired) electrons. The molecular weight excluding hydrogens is 344 g/mol. The molecule has 0 aliphatic carbocycles. The van der Waals surface area contributed by atoms with Gasteiger partial charge < -0.3 is 10.1 Å². The molecule has 2 aliphatic heterocycles. The van der Waals surface area contributed by atoms with Gasteiger partial charge in [0, 0.05) is 19.6 Å². The number of rotatable bonds is 5. The van der Waals surface area contributed by atoms with Crippen LogP contribution in [0.5, 0.6) is 0 Å². The fourth-order valence-electron chi connectivity index (χ4n) is 3.16. The lowest BCUT2D eigenvalue weighted by atomic mass is 10.2. The first-order chi connectivity index (χ1) is 11.9. The summed E-state index contributed by atoms with van der Waals surface area (Å²) < 4.78 is 31.9. The molecule has 1 aromatic carbocycles. The molecule has 0 bridgehead atoms. The van der Waals surface area contributed by atoms with Crippen molar-refractivity contribution in [3.63, 3.8) is 0 Å². The van der Waals surface area contributed by atoms with Crippen molar-refractivity contribution in [1.29, 1.82) is 0 Å². The maximum absolute atomic E-state index is 12.8. The zero-order chi connectivity index (χ0) is 18.0. The van der Waals surface area contributed by atoms with E-state index in [1.165, 1.54) is 12.1 Å². The van der Waals surface area contributed by atoms with Gasteiger partial charge in [-0.25, -0.2) is 12.7 Å². The lowest BCUT2D eigenvalue weighted by molar-refractivity contribution is -0.130. The number of nitrogens with one attached hydrogen (secondary N) is 1. The maximum atomic E-state index is 12.8. The van der Waals surface area contributed by atoms with Crippen LogP contribution in [-0.2, 0) is 24.3 Å². The molecule has 7 nitrogen and oxygen atoms in total. The topological polar surface area (TPSA) is 92.8 Å². The van der Waals surface area contributed by atoms with Crippen LogP contribution in [-0.4, -0.2) is 49.8 Å². The number of aryl methyl sites for hydroxylation is 1. The molecule has 0 unspecified atom stereocenters. The highest BCUT2D eigenvalue weighted by atomic mass is 32.2. The van der Waals surface area contributed by atoms with E-state index < -0.39 is 27.9 Å². The summed E-state index contributed by atoms with van der Waals surface area (Å²) >= 11 is 0. The first-order valence-electron chi connectivity index (χ1n) is 8.43. The van der Waals surface area contributed by atoms with Gasteiger partial charge in [0.1, 0.15) is 6.04 Å². The molecule has 2 fully saturated rings. The summed E-state index contributed by atoms with van der Waals surface area (Å²) in [6, 6.07) is 5.25. The van der Waals surface area contributed by atoms with E-state index in [1.807, 2.05) is 6.92 Å². The summed E-state index contributed by atoms with van der Waals surface area (Å²) in [5.41, 5.74) is 0.914. The van der Waals surface area contributed by atoms with Crippen LogP contribution >= 0.6 is 0 Å². The SMILES string of the molecule is Cc1ccc(S(=O)(=O)N2C(=O)CC[C@H]2C(=O)NC[C@@H]2CCCO2)cc1. The van der Waals surface area contributed by atoms with Gasteiger partial charge >= 0.3 is 0 Å². The minimum Gasteiger partial charge on any atom is -0.376 e. The summed E-state index contributed by atoms with van der Waals surface area (Å²) in [5, 5.41) is 2.73. The van der Waals surface area contributed by atoms with Gasteiger partial charge in [-0.2, -0.15) is 0 Å². The first kappa shape index (κ1) is 17.9. The van der Waals surface area contributed by atoms with Crippen LogP contribution < -0.4 is 5.32 Å². The first-order valence-corrected chi connectivity index (χ1v) is 9.87. The van der Waals surface area contributed by atoms with Gasteiger partial charge in [0.25, 0.3) is 10.0 Å². The summed E-state index contributed by atoms with van der Waals surface area (Å²) in [7, 11) is -4.04. The third-order valence-electron chi connectivity index (χ3n) is 4.57. The van der Waals surface area contributed by atoms with Gasteiger partial charge in [0.05, 0.1) is 11.0 Å². The van der Waals surface area contributed by atoms with Crippen molar-refractivity contribution in [3.05, 3.63) is 29.8 Å². The van der Waals surface area contributed by atoms with Gasteiger partial charge in [0.2, 0.25) is 11.8 Å². The second-order valence-electron chi connectivity index (χ2n) is 6.44. The van der Waals surface area contributed by atoms with Crippen LogP contribution in [0.1, 0.15) is 31.2 Å². The Hall–Kier alpha value is -1.93. The van der Waals surface area contributed by atoms with Gasteiger partial charge in [-0.1, -0.05) is 17.7 Å². The highest BCUT2D eigenvalue weighted by Gasteiger charge is 2.44. The molecule has 25 heavy (non-hydrogen) atoms. The second-order valence-corrected chi connectivity index (χ2v) is 8.26. The number of nitrogens with zero attached hydrogens (tertiary/aromatic N) is 1. The van der Waals surface area contributed by atoms with Crippen LogP contribution in [0, 0.1) is 6.92 Å². The van der Waals surface area contributed by atoms with E-state index in [0.717, 1.165) is 22.7 Å². The van der Waals surface area contributed by atoms with Gasteiger partial charge in [-0.15, -0.1) is 0 Å². The Morgan fingerprint density at radius 3 is 2.64 bits per heavy atom. The van der Waals surface area contributed by atoms with Crippen molar-refractivity contribution < 1.29 is 22.7 Å². The number of amides is 2. The Bertz CT molecular complexity index is 754. The Kier molecular flexibility index (Phi) is 5.10. The predicted octanol–water partition coefficient (Wildman–Crippen LogP) is 0.970. The van der Waals surface area contributed by atoms with Crippen molar-refractivity contribution in [2.24, 2.45) is 0 Å². The normalized spacial score (nSPS) is 23.9. The number of benzene rings is 1. The van der Waals surface area contributed by atoms with E-state index in [9.17, 15) is 18.0 Å². The molecular formula is C17H22N2O5S. The number of hydrogen-bond donors (Lipinski definition) is 1. The van der Waals surface area contributed by atoms with Crippen LogP contribution in [0.3, 0.4) is 0 Å². The number of carbonyl (C=O) groups is 2. The largest absolute Gasteiger partial charge is 0.376 e. The van der Waals surface area contributed by atoms with Crippen molar-refractivity contribution in [2.45, 2.75) is 49.6 Å². The monoisotopic (exact) mass is 366 g/mol. The fourth-order valence-corrected chi connectivity index (χ4v) is 4.76. The Morgan fingerprint density at radius 1 is 1.28 bits per heavy atom. The van der Waals surface area contributed by atoms with E-state index in [0.29, 0.717) is 13.2 Å². The van der Waals surface area contributed by atoms with E-state index in [-0.39, 0.29) is 23.8 Å². The minimum atomic E-state index is -4.04. The Labute approximate surface area is 147 Å². The van der Waals surface area contributed by atoms with E-state index >= 15 is 0 Å². The zero-order valence-electron chi connectivity index (χ0n) is 14.1. The summed E-state index contributed by atoms with van der Waals surface area (Å²) in [6.45, 7) is 2.86. The molecule has 0 spiro atoms. The molecule has 2 atom stereocenters. The van der Waals surface area contributed by atoms with Crippen LogP contribution in [0.25, 0.3) is 0 Å². The standard InChI is InChI=1S/C17H22N2O5S/c1-12-4-6-14(7-5-12)25(22,23)19-15(8-9-16(19)20)17(21)18-11-13-3-2-10-24-13/h4-7,13,15H,2-3,8-11H2,1H3,(H,18,21)/t13-,15-/m0/s1. The third kappa shape index (κ3) is 3.69. The lowest BCUT2D eigenvalue weighted by Gasteiger charge is -2.24. The summed E-state index contributed by atoms with van der Waals surface area (Å²) in [5.74, 6) is -0.991. The highest BCUT2D eigenvalue weighted by molar-refractivity contribution is 7.89. The fraction of sp³-hybridized carbons (Fsp3) is 0.529. The van der Waals surface area contributed by atoms with Crippen molar-refractivity contribution >= 4 is 21.8 Å². The number of ether oxygens (including phenoxy) is 1. The molecule has 0 aromatic heterocycles. The zero-order valence-corrected chi connectivity index (χ0v) is 14.9. The smallest absolute Gasteiger partial charge is 0.267 e. The molecule has 2 aliphatic rings. The van der Waals surface area contributed by atoms with Gasteiger partial charge in [-0.3, -0.25) is 9.59 Å². The Balaban J connectivity index is 1.76. The van der Waals surface area contributed by atoms with E-state index in [4.69, 9.17) is 4.74 Å². The quantitative estimate of drug-likeness (QED) is 0.838. The summed E-state index contributed by atoms with van der Waals surface area (Å²) in [6.07, 6.45) is 2.03. The minimum absolute atomic E-state index is 0.0188. The van der Waals surface area contributed by atoms with E-state index in [2.05, 4.69) is 5.32 Å². The predicted molar refractivity (Wildman–Crippen MR) is 90.2 cm³/mol. The number of carbonyl (C=O) groups excluding carboxylic acids is 2. The molecule has 1 N–H and O–H groups in total. The molecule has 0 saturated carbocycles. The molecule has 136 valence electrons. The van der Waals surface area contributed by atoms with Crippen LogP contribution in [0.2, 0.25) is 0 Å². The van der Waals surface area contributed by atoms with Gasteiger partial charge in [-0.05, 0) is 38.3 Å². The highest BCUT2D eigenvalue weighted by Crippen LogP contribution is 2.27. The molecule has 2 amide bonds. The lowest BCUT2D eigenvalue weighted by Crippen LogP contribution is -2.48. The van der Waals surface area contributed by atoms with E-state index in [1.54, 1.807) is 12.1 Å². The van der Waals surface area contributed by atoms with Crippen LogP contribution in [0.15, 0.2) is 29.2 Å². The van der Waals surface area contributed by atoms with Crippen molar-refractivity contribution in [1.82, 2.24) is 9.62 Å². The molecule has 1 aromatic rings. The summed E-state index contributed by atoms with van der Waals surface area (Å²) in [4.78, 5) is 24.7. The molecule has 2 heterocycles. The van der Waals surface area contributed by atoms with Crippen LogP contribution in [0.4, 0.5) is 0 Å². The molecule has 2 saturated heterocycles. The van der Waals surface area contributed by atoms with Crippen molar-refractivity contribution in [3.8, 4) is 0 Å². The third-order valence-corrected chi connectivity index (χ3v) is 6.41. The Morgan fingerprint density at radius 2 is 2.00 bits per heavy atom. The average molecular weight is 366 g/mol. The van der Waals surface area contributed by atoms with Gasteiger partial charge in [0.15, 0.2) is 0 Å². The average Bonchev–Trinajstić information content (AvgIpc) is 3.22. The second kappa shape index (κ2) is 7.13. The number of sulfonamides is 1. The maximum Gasteiger partial charge on any atom is 0.267 e. The number of hydrogen-bond acceptors (Lipinski definition) is 5. The molecule has 3 rings (SSSR count).